The SMILES string of the molecule is CC(=O)c1cc(Br)cc(N)c1OCc1cccc(O)c1. The summed E-state index contributed by atoms with van der Waals surface area (Å²) in [6.07, 6.45) is 0. The van der Waals surface area contributed by atoms with Gasteiger partial charge in [-0.1, -0.05) is 28.1 Å². The van der Waals surface area contributed by atoms with Gasteiger partial charge in [-0.25, -0.2) is 0 Å². The van der Waals surface area contributed by atoms with Gasteiger partial charge >= 0.3 is 0 Å². The standard InChI is InChI=1S/C15H14BrNO3/c1-9(18)13-6-11(16)7-14(17)15(13)20-8-10-3-2-4-12(19)5-10/h2-7,19H,8,17H2,1H3. The quantitative estimate of drug-likeness (QED) is 0.662. The van der Waals surface area contributed by atoms with Gasteiger partial charge in [0.1, 0.15) is 12.4 Å². The van der Waals surface area contributed by atoms with Gasteiger partial charge in [-0.05, 0) is 36.8 Å². The van der Waals surface area contributed by atoms with Gasteiger partial charge in [-0.2, -0.15) is 0 Å². The first kappa shape index (κ1) is 14.4. The second kappa shape index (κ2) is 5.96. The Bertz CT molecular complexity index is 656. The van der Waals surface area contributed by atoms with E-state index in [-0.39, 0.29) is 18.1 Å². The minimum Gasteiger partial charge on any atom is -0.508 e. The largest absolute Gasteiger partial charge is 0.508 e. The molecule has 0 radical (unpaired) electrons. The Morgan fingerprint density at radius 2 is 2.10 bits per heavy atom. The van der Waals surface area contributed by atoms with Crippen molar-refractivity contribution < 1.29 is 14.6 Å². The van der Waals surface area contributed by atoms with Crippen LogP contribution in [0.2, 0.25) is 0 Å². The zero-order chi connectivity index (χ0) is 14.7. The number of halogens is 1. The summed E-state index contributed by atoms with van der Waals surface area (Å²) in [4.78, 5) is 11.6. The average Bonchev–Trinajstić information content (AvgIpc) is 2.36. The first-order valence-electron chi connectivity index (χ1n) is 5.98. The Labute approximate surface area is 125 Å². The number of nitrogen functional groups attached to an aromatic ring is 1. The van der Waals surface area contributed by atoms with E-state index in [1.54, 1.807) is 30.3 Å². The lowest BCUT2D eigenvalue weighted by atomic mass is 10.1. The molecular weight excluding hydrogens is 322 g/mol. The maximum Gasteiger partial charge on any atom is 0.163 e. The van der Waals surface area contributed by atoms with Crippen molar-refractivity contribution in [2.24, 2.45) is 0 Å². The first-order valence-corrected chi connectivity index (χ1v) is 6.77. The van der Waals surface area contributed by atoms with Crippen molar-refractivity contribution in [3.63, 3.8) is 0 Å². The van der Waals surface area contributed by atoms with Crippen molar-refractivity contribution >= 4 is 27.4 Å². The van der Waals surface area contributed by atoms with E-state index in [1.165, 1.54) is 6.92 Å². The van der Waals surface area contributed by atoms with E-state index in [2.05, 4.69) is 15.9 Å². The molecule has 2 aromatic carbocycles. The monoisotopic (exact) mass is 335 g/mol. The van der Waals surface area contributed by atoms with Crippen LogP contribution in [0.25, 0.3) is 0 Å². The number of carbonyl (C=O) groups is 1. The highest BCUT2D eigenvalue weighted by molar-refractivity contribution is 9.10. The fourth-order valence-corrected chi connectivity index (χ4v) is 2.31. The lowest BCUT2D eigenvalue weighted by molar-refractivity contribution is 0.101. The van der Waals surface area contributed by atoms with Crippen LogP contribution in [0.1, 0.15) is 22.8 Å². The molecule has 0 fully saturated rings. The molecule has 0 atom stereocenters. The summed E-state index contributed by atoms with van der Waals surface area (Å²) in [7, 11) is 0. The van der Waals surface area contributed by atoms with Crippen LogP contribution >= 0.6 is 15.9 Å². The van der Waals surface area contributed by atoms with Crippen LogP contribution < -0.4 is 10.5 Å². The molecule has 0 saturated heterocycles. The number of aromatic hydroxyl groups is 1. The molecule has 0 aliphatic heterocycles. The molecule has 2 aromatic rings. The van der Waals surface area contributed by atoms with Crippen LogP contribution in [0.15, 0.2) is 40.9 Å². The number of rotatable bonds is 4. The number of ether oxygens (including phenoxy) is 1. The average molecular weight is 336 g/mol. The summed E-state index contributed by atoms with van der Waals surface area (Å²) in [5.41, 5.74) is 7.51. The molecule has 0 aliphatic carbocycles. The van der Waals surface area contributed by atoms with E-state index >= 15 is 0 Å². The highest BCUT2D eigenvalue weighted by atomic mass is 79.9. The van der Waals surface area contributed by atoms with E-state index in [9.17, 15) is 9.90 Å². The molecule has 0 spiro atoms. The van der Waals surface area contributed by atoms with Crippen LogP contribution in [-0.4, -0.2) is 10.9 Å². The molecular formula is C15H14BrNO3. The number of hydrogen-bond acceptors (Lipinski definition) is 4. The topological polar surface area (TPSA) is 72.6 Å². The minimum absolute atomic E-state index is 0.121. The Morgan fingerprint density at radius 3 is 2.75 bits per heavy atom. The molecule has 0 bridgehead atoms. The number of phenols is 1. The van der Waals surface area contributed by atoms with Crippen LogP contribution in [-0.2, 0) is 6.61 Å². The van der Waals surface area contributed by atoms with Crippen molar-refractivity contribution in [1.82, 2.24) is 0 Å². The Balaban J connectivity index is 2.27. The zero-order valence-corrected chi connectivity index (χ0v) is 12.5. The van der Waals surface area contributed by atoms with Gasteiger partial charge in [0.25, 0.3) is 0 Å². The molecule has 2 rings (SSSR count). The highest BCUT2D eigenvalue weighted by Gasteiger charge is 2.13. The number of Topliss-reactive ketones (excluding diaryl/α,β-unsaturated/α-hetero) is 1. The number of benzene rings is 2. The predicted octanol–water partition coefficient (Wildman–Crippen LogP) is 3.52. The van der Waals surface area contributed by atoms with Crippen molar-refractivity contribution in [1.29, 1.82) is 0 Å². The summed E-state index contributed by atoms with van der Waals surface area (Å²) in [5.74, 6) is 0.412. The lowest BCUT2D eigenvalue weighted by Crippen LogP contribution is -2.05. The van der Waals surface area contributed by atoms with Crippen molar-refractivity contribution in [3.05, 3.63) is 52.0 Å². The van der Waals surface area contributed by atoms with E-state index in [1.807, 2.05) is 6.07 Å². The third kappa shape index (κ3) is 3.30. The number of anilines is 1. The zero-order valence-electron chi connectivity index (χ0n) is 10.9. The van der Waals surface area contributed by atoms with Crippen LogP contribution in [0.4, 0.5) is 5.69 Å². The number of phenolic OH excluding ortho intramolecular Hbond substituents is 1. The second-order valence-electron chi connectivity index (χ2n) is 4.39. The molecule has 5 heteroatoms. The lowest BCUT2D eigenvalue weighted by Gasteiger charge is -2.13. The van der Waals surface area contributed by atoms with Crippen LogP contribution in [0.5, 0.6) is 11.5 Å². The number of carbonyl (C=O) groups excluding carboxylic acids is 1. The normalized spacial score (nSPS) is 10.3. The van der Waals surface area contributed by atoms with Gasteiger partial charge in [0.05, 0.1) is 11.3 Å². The van der Waals surface area contributed by atoms with E-state index < -0.39 is 0 Å². The smallest absolute Gasteiger partial charge is 0.163 e. The summed E-state index contributed by atoms with van der Waals surface area (Å²) in [6, 6.07) is 10.1. The van der Waals surface area contributed by atoms with Gasteiger partial charge in [0, 0.05) is 4.47 Å². The van der Waals surface area contributed by atoms with Crippen molar-refractivity contribution in [3.8, 4) is 11.5 Å². The minimum atomic E-state index is -0.121. The maximum absolute atomic E-state index is 11.6. The van der Waals surface area contributed by atoms with Crippen LogP contribution in [0.3, 0.4) is 0 Å². The third-order valence-corrected chi connectivity index (χ3v) is 3.21. The second-order valence-corrected chi connectivity index (χ2v) is 5.30. The Hall–Kier alpha value is -2.01. The fourth-order valence-electron chi connectivity index (χ4n) is 1.84. The van der Waals surface area contributed by atoms with E-state index in [0.29, 0.717) is 17.0 Å². The summed E-state index contributed by atoms with van der Waals surface area (Å²) in [6.45, 7) is 1.68. The summed E-state index contributed by atoms with van der Waals surface area (Å²) >= 11 is 3.30. The van der Waals surface area contributed by atoms with E-state index in [0.717, 1.165) is 10.0 Å². The molecule has 0 unspecified atom stereocenters. The number of ketones is 1. The van der Waals surface area contributed by atoms with E-state index in [4.69, 9.17) is 10.5 Å². The van der Waals surface area contributed by atoms with Gasteiger partial charge < -0.3 is 15.6 Å². The van der Waals surface area contributed by atoms with Crippen molar-refractivity contribution in [2.45, 2.75) is 13.5 Å². The summed E-state index contributed by atoms with van der Waals surface area (Å²) in [5, 5.41) is 9.40. The predicted molar refractivity (Wildman–Crippen MR) is 81.0 cm³/mol. The van der Waals surface area contributed by atoms with Crippen LogP contribution in [0, 0.1) is 0 Å². The summed E-state index contributed by atoms with van der Waals surface area (Å²) < 4.78 is 6.37. The Kier molecular flexibility index (Phi) is 4.29. The molecule has 3 N–H and O–H groups in total. The first-order chi connectivity index (χ1) is 9.47. The third-order valence-electron chi connectivity index (χ3n) is 2.76. The molecule has 0 aromatic heterocycles. The highest BCUT2D eigenvalue weighted by Crippen LogP contribution is 2.31. The van der Waals surface area contributed by atoms with Gasteiger partial charge in [-0.15, -0.1) is 0 Å². The van der Waals surface area contributed by atoms with Gasteiger partial charge in [0.15, 0.2) is 11.5 Å². The maximum atomic E-state index is 11.6. The molecule has 0 aliphatic rings. The molecule has 4 nitrogen and oxygen atoms in total. The molecule has 0 amide bonds. The van der Waals surface area contributed by atoms with Crippen molar-refractivity contribution in [2.75, 3.05) is 5.73 Å². The molecule has 0 heterocycles. The number of nitrogens with two attached hydrogens (primary N) is 1. The molecule has 0 saturated carbocycles. The Morgan fingerprint density at radius 1 is 1.35 bits per heavy atom. The van der Waals surface area contributed by atoms with Gasteiger partial charge in [0.2, 0.25) is 0 Å². The van der Waals surface area contributed by atoms with Gasteiger partial charge in [-0.3, -0.25) is 4.79 Å². The number of hydrogen-bond donors (Lipinski definition) is 2. The fraction of sp³-hybridized carbons (Fsp3) is 0.133. The molecule has 104 valence electrons. The molecule has 20 heavy (non-hydrogen) atoms.